The fourth-order valence-corrected chi connectivity index (χ4v) is 1.13. The highest BCUT2D eigenvalue weighted by Crippen LogP contribution is 2.06. The van der Waals surface area contributed by atoms with Crippen molar-refractivity contribution in [3.05, 3.63) is 36.2 Å². The van der Waals surface area contributed by atoms with Crippen molar-refractivity contribution in [2.45, 2.75) is 26.4 Å². The molecule has 0 aliphatic carbocycles. The molecule has 0 saturated heterocycles. The Morgan fingerprint density at radius 1 is 1.53 bits per heavy atom. The highest BCUT2D eigenvalue weighted by molar-refractivity contribution is 6.13. The highest BCUT2D eigenvalue weighted by Gasteiger charge is 2.20. The van der Waals surface area contributed by atoms with E-state index in [1.807, 2.05) is 6.92 Å². The molecule has 0 saturated carbocycles. The molecule has 0 fully saturated rings. The Morgan fingerprint density at radius 3 is 2.79 bits per heavy atom. The van der Waals surface area contributed by atoms with Crippen LogP contribution in [0.4, 0.5) is 5.82 Å². The minimum atomic E-state index is -1.35. The number of rotatable bonds is 6. The zero-order chi connectivity index (χ0) is 14.3. The quantitative estimate of drug-likeness (QED) is 0.352. The Bertz CT molecular complexity index is 471. The Kier molecular flexibility index (Phi) is 5.53. The van der Waals surface area contributed by atoms with Gasteiger partial charge in [-0.1, -0.05) is 13.0 Å². The van der Waals surface area contributed by atoms with Crippen molar-refractivity contribution >= 4 is 17.8 Å². The van der Waals surface area contributed by atoms with Crippen LogP contribution in [0.5, 0.6) is 0 Å². The van der Waals surface area contributed by atoms with Crippen LogP contribution in [0.15, 0.2) is 36.2 Å². The fraction of sp³-hybridized carbons (Fsp3) is 0.308. The van der Waals surface area contributed by atoms with E-state index in [4.69, 9.17) is 9.84 Å². The molecule has 0 aliphatic rings. The van der Waals surface area contributed by atoms with Gasteiger partial charge in [0.25, 0.3) is 0 Å². The lowest BCUT2D eigenvalue weighted by Crippen LogP contribution is -2.21. The second kappa shape index (κ2) is 7.15. The second-order valence-electron chi connectivity index (χ2n) is 3.85. The maximum Gasteiger partial charge on any atom is 0.347 e. The first kappa shape index (κ1) is 14.7. The van der Waals surface area contributed by atoms with Crippen molar-refractivity contribution in [2.75, 3.05) is 5.32 Å². The van der Waals surface area contributed by atoms with Gasteiger partial charge in [-0.3, -0.25) is 0 Å². The minimum absolute atomic E-state index is 0.329. The summed E-state index contributed by atoms with van der Waals surface area (Å²) in [4.78, 5) is 26.6. The Hall–Kier alpha value is -2.37. The molecule has 0 amide bonds. The van der Waals surface area contributed by atoms with Gasteiger partial charge in [-0.25, -0.2) is 14.6 Å². The summed E-state index contributed by atoms with van der Waals surface area (Å²) < 4.78 is 4.96. The minimum Gasteiger partial charge on any atom is -0.477 e. The van der Waals surface area contributed by atoms with Crippen LogP contribution < -0.4 is 5.32 Å². The third kappa shape index (κ3) is 4.79. The zero-order valence-corrected chi connectivity index (χ0v) is 10.8. The standard InChI is InChI=1S/C13H16N2O4/c1-3-9(2)19-13(18)10(12(16)17)8-15-11-6-4-5-7-14-11/h4-9H,3H2,1-2H3,(H,14,15)(H,16,17). The van der Waals surface area contributed by atoms with E-state index in [1.165, 1.54) is 0 Å². The number of carbonyl (C=O) groups excluding carboxylic acids is 1. The van der Waals surface area contributed by atoms with Gasteiger partial charge in [0.2, 0.25) is 0 Å². The maximum atomic E-state index is 11.6. The number of aromatic nitrogens is 1. The van der Waals surface area contributed by atoms with Gasteiger partial charge in [-0.2, -0.15) is 0 Å². The third-order valence-corrected chi connectivity index (χ3v) is 2.36. The molecule has 102 valence electrons. The van der Waals surface area contributed by atoms with E-state index >= 15 is 0 Å². The predicted octanol–water partition coefficient (Wildman–Crippen LogP) is 1.80. The number of nitrogens with zero attached hydrogens (tertiary/aromatic N) is 1. The van der Waals surface area contributed by atoms with Gasteiger partial charge in [-0.05, 0) is 25.5 Å². The van der Waals surface area contributed by atoms with Crippen LogP contribution in [0.3, 0.4) is 0 Å². The normalized spacial score (nSPS) is 12.6. The number of carbonyl (C=O) groups is 2. The van der Waals surface area contributed by atoms with Crippen LogP contribution >= 0.6 is 0 Å². The molecule has 0 aromatic carbocycles. The number of carboxylic acids is 1. The largest absolute Gasteiger partial charge is 0.477 e. The molecule has 1 atom stereocenters. The summed E-state index contributed by atoms with van der Waals surface area (Å²) >= 11 is 0. The summed E-state index contributed by atoms with van der Waals surface area (Å²) in [5.41, 5.74) is -0.467. The van der Waals surface area contributed by atoms with E-state index in [2.05, 4.69) is 10.3 Å². The number of pyridine rings is 1. The molecular formula is C13H16N2O4. The molecule has 0 radical (unpaired) electrons. The SMILES string of the molecule is CCC(C)OC(=O)C(=CNc1ccccn1)C(=O)O. The van der Waals surface area contributed by atoms with E-state index in [-0.39, 0.29) is 6.10 Å². The first-order valence-electron chi connectivity index (χ1n) is 5.86. The van der Waals surface area contributed by atoms with Crippen molar-refractivity contribution in [2.24, 2.45) is 0 Å². The molecule has 1 heterocycles. The van der Waals surface area contributed by atoms with Gasteiger partial charge in [0.05, 0.1) is 6.10 Å². The van der Waals surface area contributed by atoms with Crippen molar-refractivity contribution in [3.8, 4) is 0 Å². The number of nitrogens with one attached hydrogen (secondary N) is 1. The molecule has 0 bridgehead atoms. The summed E-state index contributed by atoms with van der Waals surface area (Å²) in [5, 5.41) is 11.6. The number of aliphatic carboxylic acids is 1. The lowest BCUT2D eigenvalue weighted by atomic mass is 10.2. The summed E-state index contributed by atoms with van der Waals surface area (Å²) in [5.74, 6) is -1.78. The van der Waals surface area contributed by atoms with Crippen LogP contribution in [0.25, 0.3) is 0 Å². The number of hydrogen-bond acceptors (Lipinski definition) is 5. The highest BCUT2D eigenvalue weighted by atomic mass is 16.5. The second-order valence-corrected chi connectivity index (χ2v) is 3.85. The predicted molar refractivity (Wildman–Crippen MR) is 69.4 cm³/mol. The smallest absolute Gasteiger partial charge is 0.347 e. The number of hydrogen-bond donors (Lipinski definition) is 2. The molecule has 0 spiro atoms. The summed E-state index contributed by atoms with van der Waals surface area (Å²) in [6.45, 7) is 3.54. The van der Waals surface area contributed by atoms with Gasteiger partial charge >= 0.3 is 11.9 Å². The number of esters is 1. The molecule has 1 unspecified atom stereocenters. The van der Waals surface area contributed by atoms with E-state index in [0.29, 0.717) is 12.2 Å². The van der Waals surface area contributed by atoms with E-state index in [1.54, 1.807) is 31.3 Å². The van der Waals surface area contributed by atoms with Crippen LogP contribution in [0, 0.1) is 0 Å². The summed E-state index contributed by atoms with van der Waals surface area (Å²) in [6, 6.07) is 5.11. The average molecular weight is 264 g/mol. The van der Waals surface area contributed by atoms with Gasteiger partial charge < -0.3 is 15.2 Å². The van der Waals surface area contributed by atoms with Gasteiger partial charge in [0.15, 0.2) is 5.57 Å². The van der Waals surface area contributed by atoms with Gasteiger partial charge in [-0.15, -0.1) is 0 Å². The average Bonchev–Trinajstić information content (AvgIpc) is 2.39. The van der Waals surface area contributed by atoms with Crippen LogP contribution in [-0.2, 0) is 14.3 Å². The molecule has 1 aromatic rings. The molecule has 6 nitrogen and oxygen atoms in total. The fourth-order valence-electron chi connectivity index (χ4n) is 1.13. The van der Waals surface area contributed by atoms with Gasteiger partial charge in [0, 0.05) is 12.4 Å². The Labute approximate surface area is 111 Å². The van der Waals surface area contributed by atoms with Crippen molar-refractivity contribution < 1.29 is 19.4 Å². The van der Waals surface area contributed by atoms with Crippen LogP contribution in [0.1, 0.15) is 20.3 Å². The van der Waals surface area contributed by atoms with Crippen LogP contribution in [-0.4, -0.2) is 28.1 Å². The molecule has 1 rings (SSSR count). The summed E-state index contributed by atoms with van der Waals surface area (Å²) in [6.07, 6.45) is 2.92. The van der Waals surface area contributed by atoms with Gasteiger partial charge in [0.1, 0.15) is 5.82 Å². The maximum absolute atomic E-state index is 11.6. The summed E-state index contributed by atoms with van der Waals surface area (Å²) in [7, 11) is 0. The topological polar surface area (TPSA) is 88.5 Å². The third-order valence-electron chi connectivity index (χ3n) is 2.36. The Balaban J connectivity index is 2.77. The van der Waals surface area contributed by atoms with E-state index in [9.17, 15) is 9.59 Å². The van der Waals surface area contributed by atoms with Crippen molar-refractivity contribution in [1.82, 2.24) is 4.98 Å². The lowest BCUT2D eigenvalue weighted by Gasteiger charge is -2.11. The first-order valence-corrected chi connectivity index (χ1v) is 5.86. The zero-order valence-electron chi connectivity index (χ0n) is 10.8. The molecule has 2 N–H and O–H groups in total. The number of carboxylic acid groups (broad SMARTS) is 1. The molecule has 1 aromatic heterocycles. The number of anilines is 1. The van der Waals surface area contributed by atoms with E-state index in [0.717, 1.165) is 6.20 Å². The lowest BCUT2D eigenvalue weighted by molar-refractivity contribution is -0.147. The Morgan fingerprint density at radius 2 is 2.26 bits per heavy atom. The molecule has 0 aliphatic heterocycles. The molecule has 19 heavy (non-hydrogen) atoms. The molecular weight excluding hydrogens is 248 g/mol. The van der Waals surface area contributed by atoms with Crippen LogP contribution in [0.2, 0.25) is 0 Å². The van der Waals surface area contributed by atoms with Crippen molar-refractivity contribution in [1.29, 1.82) is 0 Å². The van der Waals surface area contributed by atoms with E-state index < -0.39 is 17.5 Å². The monoisotopic (exact) mass is 264 g/mol. The number of ether oxygens (including phenoxy) is 1. The molecule has 6 heteroatoms. The first-order chi connectivity index (χ1) is 9.04. The van der Waals surface area contributed by atoms with Crippen molar-refractivity contribution in [3.63, 3.8) is 0 Å².